The molecule has 5 heteroatoms. The Hall–Kier alpha value is -0.810. The van der Waals surface area contributed by atoms with Crippen LogP contribution in [0.4, 0.5) is 0 Å². The molecule has 1 aromatic rings. The molecule has 2 heterocycles. The highest BCUT2D eigenvalue weighted by molar-refractivity contribution is 9.10. The molecule has 3 rings (SSSR count). The lowest BCUT2D eigenvalue weighted by Crippen LogP contribution is -2.28. The zero-order valence-corrected chi connectivity index (χ0v) is 12.6. The van der Waals surface area contributed by atoms with E-state index < -0.39 is 0 Å². The summed E-state index contributed by atoms with van der Waals surface area (Å²) >= 11 is 3.46. The lowest BCUT2D eigenvalue weighted by Gasteiger charge is -2.11. The summed E-state index contributed by atoms with van der Waals surface area (Å²) in [5, 5.41) is 6.41. The third-order valence-corrected chi connectivity index (χ3v) is 4.42. The van der Waals surface area contributed by atoms with Gasteiger partial charge in [0.15, 0.2) is 0 Å². The van der Waals surface area contributed by atoms with Crippen molar-refractivity contribution in [1.82, 2.24) is 15.2 Å². The molecule has 1 saturated heterocycles. The highest BCUT2D eigenvalue weighted by Crippen LogP contribution is 2.37. The van der Waals surface area contributed by atoms with Crippen LogP contribution in [-0.4, -0.2) is 30.1 Å². The van der Waals surface area contributed by atoms with Gasteiger partial charge >= 0.3 is 0 Å². The Labute approximate surface area is 122 Å². The van der Waals surface area contributed by atoms with Crippen molar-refractivity contribution in [2.45, 2.75) is 31.7 Å². The quantitative estimate of drug-likeness (QED) is 0.872. The van der Waals surface area contributed by atoms with Crippen LogP contribution < -0.4 is 10.6 Å². The Morgan fingerprint density at radius 1 is 1.47 bits per heavy atom. The summed E-state index contributed by atoms with van der Waals surface area (Å²) < 4.78 is 3.10. The third-order valence-electron chi connectivity index (χ3n) is 3.99. The molecule has 2 aliphatic rings. The molecule has 19 heavy (non-hydrogen) atoms. The number of hydrogen-bond acceptors (Lipinski definition) is 2. The lowest BCUT2D eigenvalue weighted by atomic mass is 10.1. The Bertz CT molecular complexity index is 461. The first-order chi connectivity index (χ1) is 9.24. The molecule has 0 radical (unpaired) electrons. The van der Waals surface area contributed by atoms with Gasteiger partial charge in [-0.05, 0) is 66.7 Å². The van der Waals surface area contributed by atoms with Gasteiger partial charge in [0.1, 0.15) is 5.69 Å². The predicted octanol–water partition coefficient (Wildman–Crippen LogP) is 2.31. The number of hydrogen-bond donors (Lipinski definition) is 2. The van der Waals surface area contributed by atoms with E-state index in [1.165, 1.54) is 19.3 Å². The van der Waals surface area contributed by atoms with Crippen LogP contribution in [0.15, 0.2) is 16.7 Å². The summed E-state index contributed by atoms with van der Waals surface area (Å²) in [5.41, 5.74) is 0.791. The first-order valence-corrected chi connectivity index (χ1v) is 7.89. The average Bonchev–Trinajstić information content (AvgIpc) is 2.96. The topological polar surface area (TPSA) is 46.1 Å². The molecule has 2 fully saturated rings. The van der Waals surface area contributed by atoms with Gasteiger partial charge in [-0.1, -0.05) is 0 Å². The van der Waals surface area contributed by atoms with Gasteiger partial charge in [0, 0.05) is 23.3 Å². The maximum Gasteiger partial charge on any atom is 0.267 e. The average molecular weight is 326 g/mol. The molecule has 0 spiro atoms. The van der Waals surface area contributed by atoms with Crippen molar-refractivity contribution in [2.24, 2.45) is 5.92 Å². The summed E-state index contributed by atoms with van der Waals surface area (Å²) in [6.45, 7) is 2.99. The molecule has 1 aliphatic carbocycles. The second-order valence-electron chi connectivity index (χ2n) is 5.59. The number of rotatable bonds is 5. The summed E-state index contributed by atoms with van der Waals surface area (Å²) in [4.78, 5) is 12.2. The maximum absolute atomic E-state index is 12.2. The Balaban J connectivity index is 1.54. The normalized spacial score (nSPS) is 22.7. The summed E-state index contributed by atoms with van der Waals surface area (Å²) in [6, 6.07) is 2.45. The summed E-state index contributed by atoms with van der Waals surface area (Å²) in [6.07, 6.45) is 6.71. The van der Waals surface area contributed by atoms with Crippen molar-refractivity contribution < 1.29 is 4.79 Å². The minimum absolute atomic E-state index is 0.0588. The van der Waals surface area contributed by atoms with Gasteiger partial charge in [-0.15, -0.1) is 0 Å². The van der Waals surface area contributed by atoms with Crippen LogP contribution in [0.2, 0.25) is 0 Å². The van der Waals surface area contributed by atoms with E-state index >= 15 is 0 Å². The van der Waals surface area contributed by atoms with E-state index in [9.17, 15) is 4.79 Å². The molecule has 1 aliphatic heterocycles. The number of halogens is 1. The molecule has 1 saturated carbocycles. The molecule has 1 atom stereocenters. The van der Waals surface area contributed by atoms with Gasteiger partial charge in [0.25, 0.3) is 5.91 Å². The number of carbonyl (C=O) groups excluding carboxylic acids is 1. The van der Waals surface area contributed by atoms with Crippen molar-refractivity contribution in [2.75, 3.05) is 19.6 Å². The molecule has 2 N–H and O–H groups in total. The van der Waals surface area contributed by atoms with Crippen LogP contribution in [0.1, 0.15) is 42.2 Å². The largest absolute Gasteiger partial charge is 0.351 e. The maximum atomic E-state index is 12.2. The summed E-state index contributed by atoms with van der Waals surface area (Å²) in [7, 11) is 0. The monoisotopic (exact) mass is 325 g/mol. The first-order valence-electron chi connectivity index (χ1n) is 7.10. The fraction of sp³-hybridized carbons (Fsp3) is 0.643. The van der Waals surface area contributed by atoms with Gasteiger partial charge in [0.2, 0.25) is 0 Å². The number of amides is 1. The molecular formula is C14H20BrN3O. The second-order valence-corrected chi connectivity index (χ2v) is 6.50. The second kappa shape index (κ2) is 5.67. The number of nitrogens with zero attached hydrogens (tertiary/aromatic N) is 1. The highest BCUT2D eigenvalue weighted by Gasteiger charge is 2.27. The molecule has 1 amide bonds. The Morgan fingerprint density at radius 3 is 3.00 bits per heavy atom. The van der Waals surface area contributed by atoms with E-state index in [0.717, 1.165) is 42.1 Å². The van der Waals surface area contributed by atoms with E-state index in [2.05, 4.69) is 31.1 Å². The van der Waals surface area contributed by atoms with Crippen LogP contribution in [-0.2, 0) is 0 Å². The van der Waals surface area contributed by atoms with Crippen molar-refractivity contribution in [3.05, 3.63) is 22.4 Å². The fourth-order valence-electron chi connectivity index (χ4n) is 2.72. The standard InChI is InChI=1S/C14H20BrN3O/c15-11-7-13(18(9-11)12-1-2-12)14(19)17-6-4-10-3-5-16-8-10/h7,9-10,12,16H,1-6,8H2,(H,17,19). The van der Waals surface area contributed by atoms with Crippen LogP contribution in [0.3, 0.4) is 0 Å². The third kappa shape index (κ3) is 3.20. The van der Waals surface area contributed by atoms with Crippen LogP contribution >= 0.6 is 15.9 Å². The van der Waals surface area contributed by atoms with Crippen molar-refractivity contribution >= 4 is 21.8 Å². The molecule has 1 unspecified atom stereocenters. The molecule has 4 nitrogen and oxygen atoms in total. The number of nitrogens with one attached hydrogen (secondary N) is 2. The highest BCUT2D eigenvalue weighted by atomic mass is 79.9. The SMILES string of the molecule is O=C(NCCC1CCNC1)c1cc(Br)cn1C1CC1. The van der Waals surface area contributed by atoms with Gasteiger partial charge in [-0.2, -0.15) is 0 Å². The molecule has 0 aromatic carbocycles. The zero-order valence-electron chi connectivity index (χ0n) is 11.0. The van der Waals surface area contributed by atoms with E-state index in [0.29, 0.717) is 6.04 Å². The number of aromatic nitrogens is 1. The first kappa shape index (κ1) is 13.2. The van der Waals surface area contributed by atoms with Crippen molar-refractivity contribution in [3.63, 3.8) is 0 Å². The lowest BCUT2D eigenvalue weighted by molar-refractivity contribution is 0.0942. The summed E-state index contributed by atoms with van der Waals surface area (Å²) in [5.74, 6) is 0.783. The fourth-order valence-corrected chi connectivity index (χ4v) is 3.16. The van der Waals surface area contributed by atoms with Gasteiger partial charge in [0.05, 0.1) is 0 Å². The Kier molecular flexibility index (Phi) is 3.93. The van der Waals surface area contributed by atoms with E-state index in [-0.39, 0.29) is 5.91 Å². The smallest absolute Gasteiger partial charge is 0.267 e. The van der Waals surface area contributed by atoms with Gasteiger partial charge < -0.3 is 15.2 Å². The molecular weight excluding hydrogens is 306 g/mol. The van der Waals surface area contributed by atoms with Gasteiger partial charge in [-0.25, -0.2) is 0 Å². The van der Waals surface area contributed by atoms with E-state index in [4.69, 9.17) is 0 Å². The molecule has 104 valence electrons. The number of carbonyl (C=O) groups is 1. The molecule has 0 bridgehead atoms. The zero-order chi connectivity index (χ0) is 13.2. The van der Waals surface area contributed by atoms with Crippen molar-refractivity contribution in [1.29, 1.82) is 0 Å². The van der Waals surface area contributed by atoms with E-state index in [1.807, 2.05) is 12.3 Å². The van der Waals surface area contributed by atoms with Crippen molar-refractivity contribution in [3.8, 4) is 0 Å². The van der Waals surface area contributed by atoms with Crippen LogP contribution in [0.5, 0.6) is 0 Å². The van der Waals surface area contributed by atoms with Crippen LogP contribution in [0, 0.1) is 5.92 Å². The van der Waals surface area contributed by atoms with Crippen LogP contribution in [0.25, 0.3) is 0 Å². The van der Waals surface area contributed by atoms with Gasteiger partial charge in [-0.3, -0.25) is 4.79 Å². The Morgan fingerprint density at radius 2 is 2.32 bits per heavy atom. The minimum Gasteiger partial charge on any atom is -0.351 e. The van der Waals surface area contributed by atoms with E-state index in [1.54, 1.807) is 0 Å². The predicted molar refractivity (Wildman–Crippen MR) is 78.3 cm³/mol. The molecule has 1 aromatic heterocycles. The minimum atomic E-state index is 0.0588.